The highest BCUT2D eigenvalue weighted by Gasteiger charge is 2.00. The third-order valence-corrected chi connectivity index (χ3v) is 1.78. The molecule has 0 spiro atoms. The summed E-state index contributed by atoms with van der Waals surface area (Å²) in [6, 6.07) is 0. The predicted octanol–water partition coefficient (Wildman–Crippen LogP) is 0.530. The highest BCUT2D eigenvalue weighted by molar-refractivity contribution is 5.38. The molecule has 0 aromatic carbocycles. The third kappa shape index (κ3) is 0.967. The Kier molecular flexibility index (Phi) is 1.55. The van der Waals surface area contributed by atoms with Gasteiger partial charge in [-0.1, -0.05) is 0 Å². The number of fused-ring (bicyclic) bond motifs is 1. The summed E-state index contributed by atoms with van der Waals surface area (Å²) in [4.78, 5) is 8.14. The lowest BCUT2D eigenvalue weighted by molar-refractivity contribution is 0.277. The molecule has 0 bridgehead atoms. The molecule has 0 amide bonds. The van der Waals surface area contributed by atoms with E-state index in [0.29, 0.717) is 5.69 Å². The van der Waals surface area contributed by atoms with Crippen molar-refractivity contribution in [2.75, 3.05) is 0 Å². The Morgan fingerprint density at radius 2 is 2.33 bits per heavy atom. The van der Waals surface area contributed by atoms with Crippen molar-refractivity contribution in [3.63, 3.8) is 0 Å². The Balaban J connectivity index is 2.74. The van der Waals surface area contributed by atoms with E-state index in [9.17, 15) is 0 Å². The first-order valence-electron chi connectivity index (χ1n) is 3.70. The lowest BCUT2D eigenvalue weighted by Gasteiger charge is -1.94. The zero-order chi connectivity index (χ0) is 8.55. The maximum atomic E-state index is 8.83. The van der Waals surface area contributed by atoms with Crippen LogP contribution in [0.1, 0.15) is 11.4 Å². The van der Waals surface area contributed by atoms with E-state index in [-0.39, 0.29) is 6.61 Å². The van der Waals surface area contributed by atoms with Gasteiger partial charge in [-0.25, -0.2) is 4.98 Å². The van der Waals surface area contributed by atoms with Crippen LogP contribution in [0, 0.1) is 6.92 Å². The Morgan fingerprint density at radius 1 is 1.50 bits per heavy atom. The number of aryl methyl sites for hydroxylation is 1. The molecule has 0 saturated heterocycles. The normalized spacial score (nSPS) is 10.8. The number of rotatable bonds is 1. The van der Waals surface area contributed by atoms with Crippen LogP contribution in [0.5, 0.6) is 0 Å². The van der Waals surface area contributed by atoms with Crippen molar-refractivity contribution in [1.82, 2.24) is 14.4 Å². The van der Waals surface area contributed by atoms with Gasteiger partial charge in [0.2, 0.25) is 0 Å². The molecular formula is C8H9N3O. The van der Waals surface area contributed by atoms with Crippen molar-refractivity contribution in [1.29, 1.82) is 0 Å². The SMILES string of the molecule is Cc1cncc2nc(CO)cn12. The maximum Gasteiger partial charge on any atom is 0.155 e. The van der Waals surface area contributed by atoms with Gasteiger partial charge in [0.25, 0.3) is 0 Å². The fraction of sp³-hybridized carbons (Fsp3) is 0.250. The zero-order valence-electron chi connectivity index (χ0n) is 6.73. The lowest BCUT2D eigenvalue weighted by Crippen LogP contribution is -1.89. The number of aromatic nitrogens is 3. The van der Waals surface area contributed by atoms with E-state index in [0.717, 1.165) is 11.3 Å². The van der Waals surface area contributed by atoms with Gasteiger partial charge in [-0.3, -0.25) is 4.98 Å². The molecule has 0 fully saturated rings. The Morgan fingerprint density at radius 3 is 3.00 bits per heavy atom. The van der Waals surface area contributed by atoms with Crippen LogP contribution < -0.4 is 0 Å². The molecule has 0 aliphatic heterocycles. The van der Waals surface area contributed by atoms with Crippen molar-refractivity contribution in [3.8, 4) is 0 Å². The van der Waals surface area contributed by atoms with Crippen LogP contribution >= 0.6 is 0 Å². The maximum absolute atomic E-state index is 8.83. The largest absolute Gasteiger partial charge is 0.390 e. The molecule has 2 heterocycles. The average molecular weight is 163 g/mol. The second kappa shape index (κ2) is 2.57. The monoisotopic (exact) mass is 163 g/mol. The van der Waals surface area contributed by atoms with Crippen LogP contribution in [0.25, 0.3) is 5.65 Å². The Bertz CT molecular complexity index is 408. The van der Waals surface area contributed by atoms with Gasteiger partial charge < -0.3 is 9.51 Å². The van der Waals surface area contributed by atoms with Crippen molar-refractivity contribution in [2.24, 2.45) is 0 Å². The molecule has 2 aromatic rings. The summed E-state index contributed by atoms with van der Waals surface area (Å²) in [6.45, 7) is 1.92. The van der Waals surface area contributed by atoms with Crippen LogP contribution in [0.15, 0.2) is 18.6 Å². The van der Waals surface area contributed by atoms with Gasteiger partial charge in [0.05, 0.1) is 18.5 Å². The van der Waals surface area contributed by atoms with Gasteiger partial charge >= 0.3 is 0 Å². The second-order valence-electron chi connectivity index (χ2n) is 2.67. The molecule has 1 N–H and O–H groups in total. The van der Waals surface area contributed by atoms with Crippen molar-refractivity contribution >= 4 is 5.65 Å². The molecule has 0 unspecified atom stereocenters. The van der Waals surface area contributed by atoms with E-state index >= 15 is 0 Å². The van der Waals surface area contributed by atoms with E-state index in [4.69, 9.17) is 5.11 Å². The first-order valence-corrected chi connectivity index (χ1v) is 3.70. The van der Waals surface area contributed by atoms with Gasteiger partial charge in [0, 0.05) is 18.1 Å². The first kappa shape index (κ1) is 7.24. The summed E-state index contributed by atoms with van der Waals surface area (Å²) in [5.41, 5.74) is 2.46. The third-order valence-electron chi connectivity index (χ3n) is 1.78. The summed E-state index contributed by atoms with van der Waals surface area (Å²) in [6.07, 6.45) is 5.24. The fourth-order valence-corrected chi connectivity index (χ4v) is 1.17. The molecule has 2 aromatic heterocycles. The number of aliphatic hydroxyl groups excluding tert-OH is 1. The van der Waals surface area contributed by atoms with E-state index in [1.54, 1.807) is 12.4 Å². The zero-order valence-corrected chi connectivity index (χ0v) is 6.73. The molecule has 0 aliphatic carbocycles. The molecule has 0 atom stereocenters. The van der Waals surface area contributed by atoms with Crippen molar-refractivity contribution in [2.45, 2.75) is 13.5 Å². The van der Waals surface area contributed by atoms with E-state index in [1.807, 2.05) is 17.5 Å². The molecule has 4 heteroatoms. The Hall–Kier alpha value is -1.42. The highest BCUT2D eigenvalue weighted by atomic mass is 16.3. The van der Waals surface area contributed by atoms with E-state index in [1.165, 1.54) is 0 Å². The van der Waals surface area contributed by atoms with Crippen LogP contribution in [0.4, 0.5) is 0 Å². The lowest BCUT2D eigenvalue weighted by atomic mass is 10.5. The topological polar surface area (TPSA) is 50.4 Å². The van der Waals surface area contributed by atoms with E-state index in [2.05, 4.69) is 9.97 Å². The average Bonchev–Trinajstić information content (AvgIpc) is 2.49. The minimum absolute atomic E-state index is 0.0267. The van der Waals surface area contributed by atoms with Gasteiger partial charge in [-0.05, 0) is 6.92 Å². The number of nitrogens with zero attached hydrogens (tertiary/aromatic N) is 3. The smallest absolute Gasteiger partial charge is 0.155 e. The minimum atomic E-state index is -0.0267. The van der Waals surface area contributed by atoms with Crippen molar-refractivity contribution < 1.29 is 5.11 Å². The summed E-state index contributed by atoms with van der Waals surface area (Å²) in [5, 5.41) is 8.83. The highest BCUT2D eigenvalue weighted by Crippen LogP contribution is 2.05. The van der Waals surface area contributed by atoms with Gasteiger partial charge in [-0.2, -0.15) is 0 Å². The van der Waals surface area contributed by atoms with Crippen LogP contribution in [0.3, 0.4) is 0 Å². The second-order valence-corrected chi connectivity index (χ2v) is 2.67. The molecule has 0 aliphatic rings. The Labute approximate surface area is 69.5 Å². The van der Waals surface area contributed by atoms with Crippen LogP contribution in [0.2, 0.25) is 0 Å². The molecule has 12 heavy (non-hydrogen) atoms. The summed E-state index contributed by atoms with van der Waals surface area (Å²) in [5.74, 6) is 0. The summed E-state index contributed by atoms with van der Waals surface area (Å²) >= 11 is 0. The van der Waals surface area contributed by atoms with Crippen LogP contribution in [-0.2, 0) is 6.61 Å². The van der Waals surface area contributed by atoms with Crippen LogP contribution in [-0.4, -0.2) is 19.5 Å². The van der Waals surface area contributed by atoms with E-state index < -0.39 is 0 Å². The summed E-state index contributed by atoms with van der Waals surface area (Å²) in [7, 11) is 0. The fourth-order valence-electron chi connectivity index (χ4n) is 1.17. The van der Waals surface area contributed by atoms with Gasteiger partial charge in [0.15, 0.2) is 5.65 Å². The number of imidazole rings is 1. The molecule has 4 nitrogen and oxygen atoms in total. The van der Waals surface area contributed by atoms with Gasteiger partial charge in [0.1, 0.15) is 0 Å². The first-order chi connectivity index (χ1) is 5.81. The molecule has 2 rings (SSSR count). The number of hydrogen-bond acceptors (Lipinski definition) is 3. The molecule has 0 saturated carbocycles. The molecule has 62 valence electrons. The summed E-state index contributed by atoms with van der Waals surface area (Å²) < 4.78 is 1.90. The number of hydrogen-bond donors (Lipinski definition) is 1. The quantitative estimate of drug-likeness (QED) is 0.667. The predicted molar refractivity (Wildman–Crippen MR) is 43.6 cm³/mol. The van der Waals surface area contributed by atoms with Gasteiger partial charge in [-0.15, -0.1) is 0 Å². The molecule has 0 radical (unpaired) electrons. The van der Waals surface area contributed by atoms with Crippen molar-refractivity contribution in [3.05, 3.63) is 30.0 Å². The minimum Gasteiger partial charge on any atom is -0.390 e. The molecular weight excluding hydrogens is 154 g/mol. The number of aliphatic hydroxyl groups is 1. The standard InChI is InChI=1S/C8H9N3O/c1-6-2-9-3-8-10-7(5-12)4-11(6)8/h2-4,12H,5H2,1H3.